The molecule has 1 saturated heterocycles. The molecule has 134 valence electrons. The molecule has 0 bridgehead atoms. The molecule has 2 aromatic rings. The van der Waals surface area contributed by atoms with E-state index in [2.05, 4.69) is 31.6 Å². The molecule has 2 N–H and O–H groups in total. The number of halogens is 1. The van der Waals surface area contributed by atoms with Crippen LogP contribution in [0.3, 0.4) is 0 Å². The second kappa shape index (κ2) is 8.05. The summed E-state index contributed by atoms with van der Waals surface area (Å²) in [5.41, 5.74) is 3.67. The van der Waals surface area contributed by atoms with Crippen LogP contribution in [0.4, 0.5) is 11.4 Å². The third-order valence-corrected chi connectivity index (χ3v) is 5.69. The van der Waals surface area contributed by atoms with Crippen molar-refractivity contribution < 1.29 is 9.59 Å². The van der Waals surface area contributed by atoms with E-state index >= 15 is 0 Å². The van der Waals surface area contributed by atoms with Gasteiger partial charge in [-0.2, -0.15) is 0 Å². The largest absolute Gasteiger partial charge is 0.326 e. The van der Waals surface area contributed by atoms with Gasteiger partial charge in [0.15, 0.2) is 5.17 Å². The molecule has 1 atom stereocenters. The number of nitrogens with zero attached hydrogens (tertiary/aromatic N) is 1. The Morgan fingerprint density at radius 3 is 2.69 bits per heavy atom. The lowest BCUT2D eigenvalue weighted by molar-refractivity contribution is -0.122. The summed E-state index contributed by atoms with van der Waals surface area (Å²) in [7, 11) is 0. The van der Waals surface area contributed by atoms with Crippen LogP contribution in [0.25, 0.3) is 0 Å². The number of thioether (sulfide) groups is 1. The van der Waals surface area contributed by atoms with E-state index < -0.39 is 5.25 Å². The first-order valence-corrected chi connectivity index (χ1v) is 9.77. The maximum Gasteiger partial charge on any atom is 0.240 e. The second-order valence-electron chi connectivity index (χ2n) is 5.99. The van der Waals surface area contributed by atoms with Crippen molar-refractivity contribution in [1.29, 1.82) is 0 Å². The monoisotopic (exact) mass is 431 g/mol. The van der Waals surface area contributed by atoms with Crippen LogP contribution in [0.2, 0.25) is 0 Å². The molecular weight excluding hydrogens is 414 g/mol. The lowest BCUT2D eigenvalue weighted by atomic mass is 10.1. The highest BCUT2D eigenvalue weighted by Crippen LogP contribution is 2.26. The fourth-order valence-corrected chi connectivity index (χ4v) is 3.73. The molecule has 0 aromatic heterocycles. The van der Waals surface area contributed by atoms with Crippen molar-refractivity contribution in [2.24, 2.45) is 4.99 Å². The van der Waals surface area contributed by atoms with Gasteiger partial charge in [-0.1, -0.05) is 39.8 Å². The van der Waals surface area contributed by atoms with Crippen molar-refractivity contribution in [3.05, 3.63) is 58.1 Å². The van der Waals surface area contributed by atoms with Crippen molar-refractivity contribution in [1.82, 2.24) is 5.32 Å². The van der Waals surface area contributed by atoms with Crippen molar-refractivity contribution in [2.75, 3.05) is 5.32 Å². The minimum atomic E-state index is -0.477. The predicted octanol–water partition coefficient (Wildman–Crippen LogP) is 4.31. The van der Waals surface area contributed by atoms with Crippen LogP contribution in [-0.2, 0) is 9.59 Å². The number of anilines is 1. The molecule has 0 unspecified atom stereocenters. The third-order valence-electron chi connectivity index (χ3n) is 4.08. The normalized spacial score (nSPS) is 18.0. The minimum absolute atomic E-state index is 0.100. The molecule has 1 fully saturated rings. The number of hydrogen-bond donors (Lipinski definition) is 2. The van der Waals surface area contributed by atoms with E-state index in [1.165, 1.54) is 11.8 Å². The SMILES string of the molecule is Cc1cccc(NC(=O)C[C@@H]2SC(=Nc3ccc(Br)cc3)NC2=O)c1C. The molecule has 7 heteroatoms. The van der Waals surface area contributed by atoms with Crippen molar-refractivity contribution in [3.63, 3.8) is 0 Å². The Morgan fingerprint density at radius 2 is 1.96 bits per heavy atom. The number of nitrogens with one attached hydrogen (secondary N) is 2. The lowest BCUT2D eigenvalue weighted by Crippen LogP contribution is -2.28. The number of amides is 2. The van der Waals surface area contributed by atoms with Crippen LogP contribution in [0, 0.1) is 13.8 Å². The summed E-state index contributed by atoms with van der Waals surface area (Å²) in [6.45, 7) is 3.96. The molecule has 0 radical (unpaired) electrons. The van der Waals surface area contributed by atoms with Gasteiger partial charge in [-0.05, 0) is 55.3 Å². The van der Waals surface area contributed by atoms with Gasteiger partial charge in [-0.15, -0.1) is 0 Å². The second-order valence-corrected chi connectivity index (χ2v) is 8.10. The molecule has 1 aliphatic rings. The number of benzene rings is 2. The van der Waals surface area contributed by atoms with Crippen molar-refractivity contribution in [2.45, 2.75) is 25.5 Å². The van der Waals surface area contributed by atoms with Crippen molar-refractivity contribution in [3.8, 4) is 0 Å². The Morgan fingerprint density at radius 1 is 1.23 bits per heavy atom. The average molecular weight is 432 g/mol. The van der Waals surface area contributed by atoms with Crippen LogP contribution in [0.1, 0.15) is 17.5 Å². The summed E-state index contributed by atoms with van der Waals surface area (Å²) in [6, 6.07) is 13.2. The molecule has 3 rings (SSSR count). The Hall–Kier alpha value is -2.12. The molecular formula is C19H18BrN3O2S. The molecule has 1 aliphatic heterocycles. The van der Waals surface area contributed by atoms with E-state index in [1.807, 2.05) is 56.3 Å². The highest BCUT2D eigenvalue weighted by Gasteiger charge is 2.32. The Balaban J connectivity index is 1.63. The van der Waals surface area contributed by atoms with Gasteiger partial charge >= 0.3 is 0 Å². The molecule has 2 aromatic carbocycles. The van der Waals surface area contributed by atoms with Crippen LogP contribution in [-0.4, -0.2) is 22.2 Å². The maximum absolute atomic E-state index is 12.3. The Labute approximate surface area is 164 Å². The summed E-state index contributed by atoms with van der Waals surface area (Å²) >= 11 is 4.65. The van der Waals surface area contributed by atoms with E-state index in [1.54, 1.807) is 0 Å². The average Bonchev–Trinajstić information content (AvgIpc) is 2.93. The number of rotatable bonds is 4. The summed E-state index contributed by atoms with van der Waals surface area (Å²) < 4.78 is 0.963. The fraction of sp³-hybridized carbons (Fsp3) is 0.211. The summed E-state index contributed by atoms with van der Waals surface area (Å²) in [5.74, 6) is -0.377. The highest BCUT2D eigenvalue weighted by molar-refractivity contribution is 9.10. The first-order chi connectivity index (χ1) is 12.4. The van der Waals surface area contributed by atoms with Gasteiger partial charge in [-0.3, -0.25) is 9.59 Å². The lowest BCUT2D eigenvalue weighted by Gasteiger charge is -2.11. The molecule has 2 amide bonds. The summed E-state index contributed by atoms with van der Waals surface area (Å²) in [5, 5.41) is 5.67. The molecule has 0 saturated carbocycles. The Bertz CT molecular complexity index is 881. The summed E-state index contributed by atoms with van der Waals surface area (Å²) in [4.78, 5) is 28.9. The van der Waals surface area contributed by atoms with E-state index in [-0.39, 0.29) is 18.2 Å². The maximum atomic E-state index is 12.3. The zero-order valence-electron chi connectivity index (χ0n) is 14.4. The van der Waals surface area contributed by atoms with E-state index in [4.69, 9.17) is 0 Å². The van der Waals surface area contributed by atoms with E-state index in [0.29, 0.717) is 5.17 Å². The highest BCUT2D eigenvalue weighted by atomic mass is 79.9. The van der Waals surface area contributed by atoms with Crippen LogP contribution in [0.5, 0.6) is 0 Å². The van der Waals surface area contributed by atoms with Crippen LogP contribution >= 0.6 is 27.7 Å². The molecule has 1 heterocycles. The van der Waals surface area contributed by atoms with Crippen molar-refractivity contribution >= 4 is 56.0 Å². The topological polar surface area (TPSA) is 70.6 Å². The van der Waals surface area contributed by atoms with Gasteiger partial charge in [0, 0.05) is 16.6 Å². The molecule has 0 aliphatic carbocycles. The number of carbonyl (C=O) groups is 2. The number of hydrogen-bond acceptors (Lipinski definition) is 4. The van der Waals surface area contributed by atoms with Gasteiger partial charge in [0.2, 0.25) is 11.8 Å². The summed E-state index contributed by atoms with van der Waals surface area (Å²) in [6.07, 6.45) is 0.100. The fourth-order valence-electron chi connectivity index (χ4n) is 2.48. The standard InChI is InChI=1S/C19H18BrN3O2S/c1-11-4-3-5-15(12(11)2)22-17(24)10-16-18(25)23-19(26-16)21-14-8-6-13(20)7-9-14/h3-9,16H,10H2,1-2H3,(H,22,24)(H,21,23,25)/t16-/m0/s1. The Kier molecular flexibility index (Phi) is 5.78. The van der Waals surface area contributed by atoms with Gasteiger partial charge in [-0.25, -0.2) is 4.99 Å². The first kappa shape index (κ1) is 18.7. The number of amidine groups is 1. The van der Waals surface area contributed by atoms with Gasteiger partial charge in [0.05, 0.1) is 5.69 Å². The first-order valence-electron chi connectivity index (χ1n) is 8.10. The zero-order valence-corrected chi connectivity index (χ0v) is 16.8. The van der Waals surface area contributed by atoms with Crippen LogP contribution < -0.4 is 10.6 Å². The third kappa shape index (κ3) is 4.53. The predicted molar refractivity (Wildman–Crippen MR) is 110 cm³/mol. The van der Waals surface area contributed by atoms with Gasteiger partial charge < -0.3 is 10.6 Å². The molecule has 26 heavy (non-hydrogen) atoms. The number of aliphatic imine (C=N–C) groups is 1. The number of carbonyl (C=O) groups excluding carboxylic acids is 2. The van der Waals surface area contributed by atoms with Gasteiger partial charge in [0.1, 0.15) is 5.25 Å². The van der Waals surface area contributed by atoms with E-state index in [0.717, 1.165) is 27.0 Å². The van der Waals surface area contributed by atoms with Crippen LogP contribution in [0.15, 0.2) is 51.9 Å². The van der Waals surface area contributed by atoms with Gasteiger partial charge in [0.25, 0.3) is 0 Å². The quantitative estimate of drug-likeness (QED) is 0.757. The molecule has 0 spiro atoms. The zero-order chi connectivity index (χ0) is 18.7. The van der Waals surface area contributed by atoms with E-state index in [9.17, 15) is 9.59 Å². The smallest absolute Gasteiger partial charge is 0.240 e. The minimum Gasteiger partial charge on any atom is -0.326 e. The number of aryl methyl sites for hydroxylation is 1. The molecule has 5 nitrogen and oxygen atoms in total.